The molecule has 0 aliphatic carbocycles. The zero-order valence-corrected chi connectivity index (χ0v) is 16.2. The summed E-state index contributed by atoms with van der Waals surface area (Å²) >= 11 is 0. The van der Waals surface area contributed by atoms with Crippen molar-refractivity contribution >= 4 is 0 Å². The maximum atomic E-state index is 6.25. The Morgan fingerprint density at radius 1 is 1.04 bits per heavy atom. The van der Waals surface area contributed by atoms with E-state index < -0.39 is 0 Å². The van der Waals surface area contributed by atoms with Gasteiger partial charge in [-0.1, -0.05) is 6.07 Å². The molecule has 2 atom stereocenters. The monoisotopic (exact) mass is 385 g/mol. The predicted octanol–water partition coefficient (Wildman–Crippen LogP) is 2.90. The molecular weight excluding hydrogens is 362 g/mol. The number of nitrogens with one attached hydrogen (secondary N) is 1. The Morgan fingerprint density at radius 3 is 2.68 bits per heavy atom. The number of fused-ring (bicyclic) bond motifs is 3. The molecular formula is C21H23NO6. The first-order valence-electron chi connectivity index (χ1n) is 9.35. The lowest BCUT2D eigenvalue weighted by atomic mass is 9.86. The van der Waals surface area contributed by atoms with Crippen LogP contribution in [0.1, 0.15) is 34.4 Å². The Hall–Kier alpha value is -2.64. The minimum Gasteiger partial charge on any atom is -0.493 e. The van der Waals surface area contributed by atoms with Gasteiger partial charge in [-0.05, 0) is 36.2 Å². The van der Waals surface area contributed by atoms with Gasteiger partial charge in [-0.15, -0.1) is 0 Å². The van der Waals surface area contributed by atoms with E-state index in [1.165, 1.54) is 5.56 Å². The SMILES string of the molecule is COc1ccc2c(c1OC)CO[C@@H]2[C@@H]1NCCc2cc3c(c(OC)c21)OCO3. The van der Waals surface area contributed by atoms with E-state index in [1.54, 1.807) is 21.3 Å². The van der Waals surface area contributed by atoms with E-state index in [0.717, 1.165) is 46.9 Å². The van der Waals surface area contributed by atoms with Gasteiger partial charge in [0.1, 0.15) is 6.10 Å². The highest BCUT2D eigenvalue weighted by molar-refractivity contribution is 5.63. The highest BCUT2D eigenvalue weighted by Gasteiger charge is 2.40. The van der Waals surface area contributed by atoms with Crippen LogP contribution >= 0.6 is 0 Å². The van der Waals surface area contributed by atoms with Crippen molar-refractivity contribution in [2.24, 2.45) is 0 Å². The van der Waals surface area contributed by atoms with E-state index in [9.17, 15) is 0 Å². The summed E-state index contributed by atoms with van der Waals surface area (Å²) in [6.45, 7) is 1.54. The number of benzene rings is 2. The van der Waals surface area contributed by atoms with Crippen molar-refractivity contribution in [3.8, 4) is 28.7 Å². The van der Waals surface area contributed by atoms with Crippen LogP contribution in [-0.4, -0.2) is 34.7 Å². The summed E-state index contributed by atoms with van der Waals surface area (Å²) in [6.07, 6.45) is 0.729. The third kappa shape index (κ3) is 2.43. The fourth-order valence-corrected chi connectivity index (χ4v) is 4.51. The van der Waals surface area contributed by atoms with Gasteiger partial charge < -0.3 is 33.7 Å². The van der Waals surface area contributed by atoms with Gasteiger partial charge >= 0.3 is 0 Å². The third-order valence-electron chi connectivity index (χ3n) is 5.72. The third-order valence-corrected chi connectivity index (χ3v) is 5.72. The second-order valence-corrected chi connectivity index (χ2v) is 7.00. The molecule has 5 rings (SSSR count). The zero-order chi connectivity index (χ0) is 19.3. The van der Waals surface area contributed by atoms with Crippen LogP contribution in [0.3, 0.4) is 0 Å². The molecule has 0 bridgehead atoms. The molecule has 0 fully saturated rings. The minimum absolute atomic E-state index is 0.0625. The number of ether oxygens (including phenoxy) is 6. The van der Waals surface area contributed by atoms with Gasteiger partial charge in [0.2, 0.25) is 12.5 Å². The molecule has 7 nitrogen and oxygen atoms in total. The lowest BCUT2D eigenvalue weighted by Crippen LogP contribution is -2.34. The number of hydrogen-bond donors (Lipinski definition) is 1. The van der Waals surface area contributed by atoms with Crippen LogP contribution in [0.25, 0.3) is 0 Å². The van der Waals surface area contributed by atoms with Gasteiger partial charge in [-0.2, -0.15) is 0 Å². The maximum absolute atomic E-state index is 6.25. The van der Waals surface area contributed by atoms with Crippen LogP contribution in [0, 0.1) is 0 Å². The molecule has 7 heteroatoms. The number of methoxy groups -OCH3 is 3. The number of rotatable bonds is 4. The Bertz CT molecular complexity index is 928. The Morgan fingerprint density at radius 2 is 1.89 bits per heavy atom. The average Bonchev–Trinajstić information content (AvgIpc) is 3.37. The molecule has 3 aliphatic heterocycles. The average molecular weight is 385 g/mol. The van der Waals surface area contributed by atoms with Crippen molar-refractivity contribution in [1.82, 2.24) is 5.32 Å². The maximum Gasteiger partial charge on any atom is 0.231 e. The second kappa shape index (κ2) is 6.76. The molecule has 28 heavy (non-hydrogen) atoms. The van der Waals surface area contributed by atoms with Gasteiger partial charge in [-0.25, -0.2) is 0 Å². The Labute approximate surface area is 163 Å². The minimum atomic E-state index is -0.164. The first kappa shape index (κ1) is 17.5. The van der Waals surface area contributed by atoms with E-state index >= 15 is 0 Å². The van der Waals surface area contributed by atoms with Crippen LogP contribution in [0.15, 0.2) is 18.2 Å². The highest BCUT2D eigenvalue weighted by Crippen LogP contribution is 2.53. The molecule has 3 heterocycles. The smallest absolute Gasteiger partial charge is 0.231 e. The molecule has 0 saturated carbocycles. The van der Waals surface area contributed by atoms with Crippen molar-refractivity contribution < 1.29 is 28.4 Å². The van der Waals surface area contributed by atoms with Crippen molar-refractivity contribution in [3.63, 3.8) is 0 Å². The first-order chi connectivity index (χ1) is 13.8. The van der Waals surface area contributed by atoms with Crippen molar-refractivity contribution in [1.29, 1.82) is 0 Å². The van der Waals surface area contributed by atoms with Crippen LogP contribution in [0.2, 0.25) is 0 Å². The van der Waals surface area contributed by atoms with E-state index in [4.69, 9.17) is 28.4 Å². The molecule has 0 saturated heterocycles. The summed E-state index contributed by atoms with van der Waals surface area (Å²) < 4.78 is 34.3. The zero-order valence-electron chi connectivity index (χ0n) is 16.2. The van der Waals surface area contributed by atoms with Crippen LogP contribution < -0.4 is 29.0 Å². The molecule has 0 aromatic heterocycles. The molecule has 1 N–H and O–H groups in total. The molecule has 2 aromatic rings. The quantitative estimate of drug-likeness (QED) is 0.868. The Balaban J connectivity index is 1.62. The van der Waals surface area contributed by atoms with Crippen molar-refractivity contribution in [2.45, 2.75) is 25.2 Å². The summed E-state index contributed by atoms with van der Waals surface area (Å²) in [5, 5.41) is 3.62. The standard InChI is InChI=1S/C21H23NO6/c1-23-14-5-4-12-13(18(14)24-2)9-26-19(12)17-16-11(6-7-22-17)8-15-20(21(16)25-3)28-10-27-15/h4-5,8,17,19,22H,6-7,9-10H2,1-3H3/t17-,19+/m1/s1. The highest BCUT2D eigenvalue weighted by atomic mass is 16.7. The largest absolute Gasteiger partial charge is 0.493 e. The van der Waals surface area contributed by atoms with E-state index in [2.05, 4.69) is 17.4 Å². The molecule has 0 spiro atoms. The number of hydrogen-bond acceptors (Lipinski definition) is 7. The lowest BCUT2D eigenvalue weighted by molar-refractivity contribution is 0.0344. The van der Waals surface area contributed by atoms with Crippen LogP contribution in [0.4, 0.5) is 0 Å². The van der Waals surface area contributed by atoms with Crippen LogP contribution in [0.5, 0.6) is 28.7 Å². The van der Waals surface area contributed by atoms with Crippen molar-refractivity contribution in [2.75, 3.05) is 34.7 Å². The van der Waals surface area contributed by atoms with Crippen molar-refractivity contribution in [3.05, 3.63) is 40.5 Å². The lowest BCUT2D eigenvalue weighted by Gasteiger charge is -2.33. The first-order valence-corrected chi connectivity index (χ1v) is 9.35. The fraction of sp³-hybridized carbons (Fsp3) is 0.429. The van der Waals surface area contributed by atoms with Gasteiger partial charge in [-0.3, -0.25) is 0 Å². The van der Waals surface area contributed by atoms with Gasteiger partial charge in [0.25, 0.3) is 0 Å². The molecule has 148 valence electrons. The molecule has 3 aliphatic rings. The summed E-state index contributed by atoms with van der Waals surface area (Å²) in [5.41, 5.74) is 4.40. The summed E-state index contributed by atoms with van der Waals surface area (Å²) in [6, 6.07) is 6.00. The molecule has 0 unspecified atom stereocenters. The normalized spacial score (nSPS) is 21.8. The van der Waals surface area contributed by atoms with Gasteiger partial charge in [0, 0.05) is 11.1 Å². The van der Waals surface area contributed by atoms with E-state index in [1.807, 2.05) is 6.07 Å². The molecule has 0 radical (unpaired) electrons. The predicted molar refractivity (Wildman–Crippen MR) is 101 cm³/mol. The summed E-state index contributed by atoms with van der Waals surface area (Å²) in [5.74, 6) is 3.58. The van der Waals surface area contributed by atoms with E-state index in [-0.39, 0.29) is 18.9 Å². The van der Waals surface area contributed by atoms with Gasteiger partial charge in [0.05, 0.1) is 34.0 Å². The fourth-order valence-electron chi connectivity index (χ4n) is 4.51. The second-order valence-electron chi connectivity index (χ2n) is 7.00. The topological polar surface area (TPSA) is 67.4 Å². The summed E-state index contributed by atoms with van der Waals surface area (Å²) in [4.78, 5) is 0. The molecule has 0 amide bonds. The molecule has 2 aromatic carbocycles. The van der Waals surface area contributed by atoms with Crippen LogP contribution in [-0.2, 0) is 17.8 Å². The summed E-state index contributed by atoms with van der Waals surface area (Å²) in [7, 11) is 4.97. The van der Waals surface area contributed by atoms with E-state index in [0.29, 0.717) is 18.1 Å². The van der Waals surface area contributed by atoms with Gasteiger partial charge in [0.15, 0.2) is 23.0 Å². The Kier molecular flexibility index (Phi) is 4.21.